The number of hydrogen-bond donors (Lipinski definition) is 0. The zero-order valence-electron chi connectivity index (χ0n) is 15.0. The number of methoxy groups -OCH3 is 1. The molecule has 0 fully saturated rings. The molecule has 0 bridgehead atoms. The fourth-order valence-corrected chi connectivity index (χ4v) is 3.31. The quantitative estimate of drug-likeness (QED) is 0.433. The van der Waals surface area contributed by atoms with E-state index in [1.54, 1.807) is 7.11 Å². The molecule has 0 N–H and O–H groups in total. The second-order valence-corrected chi connectivity index (χ2v) is 6.66. The molecule has 0 saturated carbocycles. The fraction of sp³-hybridized carbons (Fsp3) is 0.0870. The van der Waals surface area contributed by atoms with Gasteiger partial charge in [-0.25, -0.2) is 4.98 Å². The lowest BCUT2D eigenvalue weighted by molar-refractivity contribution is 0.414. The van der Waals surface area contributed by atoms with Crippen LogP contribution in [0.1, 0.15) is 17.0 Å². The van der Waals surface area contributed by atoms with Crippen LogP contribution in [0, 0.1) is 0 Å². The highest BCUT2D eigenvalue weighted by atomic mass is 35.5. The zero-order chi connectivity index (χ0) is 18.6. The molecule has 0 aliphatic rings. The maximum absolute atomic E-state index is 6.28. The van der Waals surface area contributed by atoms with Crippen LogP contribution >= 0.6 is 11.6 Å². The van der Waals surface area contributed by atoms with Crippen molar-refractivity contribution in [2.45, 2.75) is 6.54 Å². The molecule has 0 spiro atoms. The highest BCUT2D eigenvalue weighted by Crippen LogP contribution is 2.23. The molecule has 27 heavy (non-hydrogen) atoms. The third-order valence-electron chi connectivity index (χ3n) is 4.48. The lowest BCUT2D eigenvalue weighted by atomic mass is 10.2. The molecule has 0 aliphatic carbocycles. The van der Waals surface area contributed by atoms with Gasteiger partial charge in [-0.3, -0.25) is 0 Å². The second kappa shape index (κ2) is 7.68. The minimum Gasteiger partial charge on any atom is -0.497 e. The van der Waals surface area contributed by atoms with Crippen LogP contribution in [0.5, 0.6) is 5.75 Å². The van der Waals surface area contributed by atoms with Gasteiger partial charge in [0.25, 0.3) is 0 Å². The van der Waals surface area contributed by atoms with Crippen molar-refractivity contribution in [3.05, 3.63) is 94.8 Å². The number of para-hydroxylation sites is 2. The van der Waals surface area contributed by atoms with Crippen LogP contribution < -0.4 is 4.74 Å². The average Bonchev–Trinajstić information content (AvgIpc) is 3.05. The van der Waals surface area contributed by atoms with E-state index in [1.807, 2.05) is 66.7 Å². The Balaban J connectivity index is 1.76. The van der Waals surface area contributed by atoms with Gasteiger partial charge in [0, 0.05) is 11.6 Å². The fourth-order valence-electron chi connectivity index (χ4n) is 3.12. The SMILES string of the molecule is COc1cccc(Cn2c(/C=C/c3ccccc3Cl)nc3ccccc32)c1. The summed E-state index contributed by atoms with van der Waals surface area (Å²) in [4.78, 5) is 4.80. The van der Waals surface area contributed by atoms with E-state index in [-0.39, 0.29) is 0 Å². The van der Waals surface area contributed by atoms with Crippen LogP contribution in [-0.2, 0) is 6.54 Å². The number of nitrogens with zero attached hydrogens (tertiary/aromatic N) is 2. The van der Waals surface area contributed by atoms with E-state index >= 15 is 0 Å². The van der Waals surface area contributed by atoms with Crippen LogP contribution in [0.15, 0.2) is 72.8 Å². The Bertz CT molecular complexity index is 1110. The zero-order valence-corrected chi connectivity index (χ0v) is 15.7. The highest BCUT2D eigenvalue weighted by molar-refractivity contribution is 6.32. The van der Waals surface area contributed by atoms with Crippen LogP contribution in [-0.4, -0.2) is 16.7 Å². The van der Waals surface area contributed by atoms with Crippen molar-refractivity contribution in [3.63, 3.8) is 0 Å². The molecule has 1 aromatic heterocycles. The van der Waals surface area contributed by atoms with E-state index in [0.29, 0.717) is 6.54 Å². The van der Waals surface area contributed by atoms with Crippen LogP contribution in [0.3, 0.4) is 0 Å². The average molecular weight is 375 g/mol. The standard InChI is InChI=1S/C23H19ClN2O/c1-27-19-9-6-7-17(15-19)16-26-22-12-5-4-11-21(22)25-23(26)14-13-18-8-2-3-10-20(18)24/h2-15H,16H2,1H3/b14-13+. The van der Waals surface area contributed by atoms with Gasteiger partial charge in [0.1, 0.15) is 11.6 Å². The highest BCUT2D eigenvalue weighted by Gasteiger charge is 2.09. The van der Waals surface area contributed by atoms with Gasteiger partial charge in [-0.05, 0) is 53.6 Å². The summed E-state index contributed by atoms with van der Waals surface area (Å²) in [5, 5.41) is 0.726. The van der Waals surface area contributed by atoms with Crippen molar-refractivity contribution in [2.24, 2.45) is 0 Å². The Morgan fingerprint density at radius 3 is 2.63 bits per heavy atom. The number of imidazole rings is 1. The molecule has 0 radical (unpaired) electrons. The van der Waals surface area contributed by atoms with Gasteiger partial charge in [-0.15, -0.1) is 0 Å². The molecule has 3 nitrogen and oxygen atoms in total. The Hall–Kier alpha value is -3.04. The Morgan fingerprint density at radius 2 is 1.78 bits per heavy atom. The summed E-state index contributed by atoms with van der Waals surface area (Å²) in [7, 11) is 1.68. The molecular formula is C23H19ClN2O. The summed E-state index contributed by atoms with van der Waals surface area (Å²) in [5.74, 6) is 1.74. The molecule has 0 aliphatic heterocycles. The minimum absolute atomic E-state index is 0.708. The maximum atomic E-state index is 6.28. The number of hydrogen-bond acceptors (Lipinski definition) is 2. The van der Waals surface area contributed by atoms with Crippen LogP contribution in [0.4, 0.5) is 0 Å². The third-order valence-corrected chi connectivity index (χ3v) is 4.82. The summed E-state index contributed by atoms with van der Waals surface area (Å²) in [6.45, 7) is 0.708. The van der Waals surface area contributed by atoms with E-state index in [4.69, 9.17) is 21.3 Å². The normalized spacial score (nSPS) is 11.3. The molecule has 0 saturated heterocycles. The predicted octanol–water partition coefficient (Wildman–Crippen LogP) is 5.92. The van der Waals surface area contributed by atoms with E-state index in [1.165, 1.54) is 0 Å². The first-order valence-electron chi connectivity index (χ1n) is 8.75. The molecule has 1 heterocycles. The molecule has 4 rings (SSSR count). The monoisotopic (exact) mass is 374 g/mol. The predicted molar refractivity (Wildman–Crippen MR) is 112 cm³/mol. The molecule has 4 heteroatoms. The van der Waals surface area contributed by atoms with Crippen LogP contribution in [0.2, 0.25) is 5.02 Å². The van der Waals surface area contributed by atoms with E-state index in [9.17, 15) is 0 Å². The molecule has 0 amide bonds. The first-order valence-corrected chi connectivity index (χ1v) is 9.13. The smallest absolute Gasteiger partial charge is 0.134 e. The summed E-state index contributed by atoms with van der Waals surface area (Å²) in [6, 6.07) is 24.1. The van der Waals surface area contributed by atoms with Gasteiger partial charge in [0.05, 0.1) is 18.1 Å². The van der Waals surface area contributed by atoms with Crippen molar-refractivity contribution in [3.8, 4) is 5.75 Å². The Labute approximate surface area is 163 Å². The van der Waals surface area contributed by atoms with Gasteiger partial charge >= 0.3 is 0 Å². The number of benzene rings is 3. The maximum Gasteiger partial charge on any atom is 0.134 e. The number of fused-ring (bicyclic) bond motifs is 1. The van der Waals surface area contributed by atoms with Crippen molar-refractivity contribution in [1.82, 2.24) is 9.55 Å². The third kappa shape index (κ3) is 3.74. The van der Waals surface area contributed by atoms with Gasteiger partial charge in [-0.1, -0.05) is 54.1 Å². The second-order valence-electron chi connectivity index (χ2n) is 6.25. The van der Waals surface area contributed by atoms with Crippen LogP contribution in [0.25, 0.3) is 23.2 Å². The van der Waals surface area contributed by atoms with Gasteiger partial charge in [0.2, 0.25) is 0 Å². The van der Waals surface area contributed by atoms with Crippen molar-refractivity contribution in [2.75, 3.05) is 7.11 Å². The summed E-state index contributed by atoms with van der Waals surface area (Å²) < 4.78 is 7.56. The summed E-state index contributed by atoms with van der Waals surface area (Å²) >= 11 is 6.28. The number of halogens is 1. The summed E-state index contributed by atoms with van der Waals surface area (Å²) in [5.41, 5.74) is 4.20. The van der Waals surface area contributed by atoms with E-state index < -0.39 is 0 Å². The van der Waals surface area contributed by atoms with Crippen molar-refractivity contribution in [1.29, 1.82) is 0 Å². The van der Waals surface area contributed by atoms with E-state index in [0.717, 1.165) is 38.8 Å². The van der Waals surface area contributed by atoms with Gasteiger partial charge in [-0.2, -0.15) is 0 Å². The number of rotatable bonds is 5. The van der Waals surface area contributed by atoms with Gasteiger partial charge < -0.3 is 9.30 Å². The van der Waals surface area contributed by atoms with Gasteiger partial charge in [0.15, 0.2) is 0 Å². The first-order chi connectivity index (χ1) is 13.2. The summed E-state index contributed by atoms with van der Waals surface area (Å²) in [6.07, 6.45) is 4.02. The number of ether oxygens (including phenoxy) is 1. The number of aromatic nitrogens is 2. The molecule has 134 valence electrons. The lowest BCUT2D eigenvalue weighted by Gasteiger charge is -2.09. The Morgan fingerprint density at radius 1 is 0.963 bits per heavy atom. The van der Waals surface area contributed by atoms with E-state index in [2.05, 4.69) is 22.8 Å². The Kier molecular flexibility index (Phi) is 4.95. The van der Waals surface area contributed by atoms with Crippen molar-refractivity contribution < 1.29 is 4.74 Å². The largest absolute Gasteiger partial charge is 0.497 e. The molecule has 0 atom stereocenters. The molecule has 3 aromatic carbocycles. The molecule has 4 aromatic rings. The van der Waals surface area contributed by atoms with Crippen molar-refractivity contribution >= 4 is 34.8 Å². The molecule has 0 unspecified atom stereocenters. The topological polar surface area (TPSA) is 27.1 Å². The minimum atomic E-state index is 0.708. The lowest BCUT2D eigenvalue weighted by Crippen LogP contribution is -2.02. The molecular weight excluding hydrogens is 356 g/mol. The first kappa shape index (κ1) is 17.4.